The lowest BCUT2D eigenvalue weighted by atomic mass is 10.2. The number of nitriles is 1. The van der Waals surface area contributed by atoms with Crippen LogP contribution in [0.25, 0.3) is 0 Å². The van der Waals surface area contributed by atoms with Gasteiger partial charge in [-0.2, -0.15) is 10.0 Å². The van der Waals surface area contributed by atoms with Gasteiger partial charge < -0.3 is 14.7 Å². The monoisotopic (exact) mass is 182 g/mol. The van der Waals surface area contributed by atoms with E-state index in [1.165, 1.54) is 0 Å². The molecule has 2 aliphatic heterocycles. The summed E-state index contributed by atoms with van der Waals surface area (Å²) < 4.78 is 11.5. The summed E-state index contributed by atoms with van der Waals surface area (Å²) >= 11 is 0. The maximum Gasteiger partial charge on any atom is 0.297 e. The number of fused-ring (bicyclic) bond motifs is 1. The second kappa shape index (κ2) is 2.44. The zero-order valence-corrected chi connectivity index (χ0v) is 7.48. The topological polar surface area (TPSA) is 68.3 Å². The molecule has 13 heavy (non-hydrogen) atoms. The number of ether oxygens (including phenoxy) is 2. The second-order valence-corrected chi connectivity index (χ2v) is 3.65. The molecule has 0 amide bonds. The lowest BCUT2D eigenvalue weighted by molar-refractivity contribution is -0.459. The molecule has 0 aliphatic carbocycles. The third-order valence-corrected chi connectivity index (χ3v) is 2.18. The van der Waals surface area contributed by atoms with Crippen LogP contribution in [0.15, 0.2) is 0 Å². The maximum atomic E-state index is 11.1. The smallest absolute Gasteiger partial charge is 0.297 e. The van der Waals surface area contributed by atoms with Crippen molar-refractivity contribution in [2.45, 2.75) is 31.8 Å². The standard InChI is InChI=1S/C8H10N2O3/c1-8(2)12-6-4-10(11)5(3-9)7(6)13-8/h6-7H,4H2,1-2H3/t6-,7+/m1/s1. The average molecular weight is 182 g/mol. The molecule has 1 fully saturated rings. The van der Waals surface area contributed by atoms with Crippen molar-refractivity contribution >= 4 is 5.71 Å². The molecule has 5 nitrogen and oxygen atoms in total. The Kier molecular flexibility index (Phi) is 1.59. The molecule has 0 spiro atoms. The van der Waals surface area contributed by atoms with E-state index < -0.39 is 11.9 Å². The van der Waals surface area contributed by atoms with E-state index in [0.29, 0.717) is 4.74 Å². The van der Waals surface area contributed by atoms with Gasteiger partial charge >= 0.3 is 0 Å². The van der Waals surface area contributed by atoms with Crippen LogP contribution < -0.4 is 0 Å². The van der Waals surface area contributed by atoms with Gasteiger partial charge in [0.05, 0.1) is 0 Å². The SMILES string of the molecule is CC1(C)O[C@@H]2C[N+]([O-])=C(C#N)[C@@H]2O1. The summed E-state index contributed by atoms with van der Waals surface area (Å²) in [4.78, 5) is 0. The Morgan fingerprint density at radius 2 is 2.31 bits per heavy atom. The molecule has 0 unspecified atom stereocenters. The van der Waals surface area contributed by atoms with E-state index in [9.17, 15) is 5.21 Å². The van der Waals surface area contributed by atoms with Gasteiger partial charge in [-0.3, -0.25) is 0 Å². The Hall–Kier alpha value is -1.12. The van der Waals surface area contributed by atoms with Gasteiger partial charge in [-0.05, 0) is 13.8 Å². The van der Waals surface area contributed by atoms with E-state index >= 15 is 0 Å². The van der Waals surface area contributed by atoms with Crippen LogP contribution in [0.2, 0.25) is 0 Å². The quantitative estimate of drug-likeness (QED) is 0.390. The third kappa shape index (κ3) is 1.19. The van der Waals surface area contributed by atoms with Crippen LogP contribution in [0.1, 0.15) is 13.8 Å². The number of hydroxylamine groups is 1. The molecule has 2 rings (SSSR count). The molecule has 2 aliphatic rings. The Labute approximate surface area is 75.8 Å². The van der Waals surface area contributed by atoms with E-state index in [-0.39, 0.29) is 18.4 Å². The van der Waals surface area contributed by atoms with E-state index in [1.807, 2.05) is 6.07 Å². The molecule has 0 radical (unpaired) electrons. The number of hydrogen-bond acceptors (Lipinski definition) is 4. The van der Waals surface area contributed by atoms with Gasteiger partial charge in [0.15, 0.2) is 30.6 Å². The van der Waals surface area contributed by atoms with Crippen molar-refractivity contribution in [1.82, 2.24) is 0 Å². The molecule has 0 aromatic carbocycles. The van der Waals surface area contributed by atoms with E-state index in [4.69, 9.17) is 14.7 Å². The van der Waals surface area contributed by atoms with Gasteiger partial charge in [-0.1, -0.05) is 0 Å². The highest BCUT2D eigenvalue weighted by Crippen LogP contribution is 2.31. The molecule has 0 saturated carbocycles. The highest BCUT2D eigenvalue weighted by Gasteiger charge is 2.52. The molecule has 0 aromatic rings. The average Bonchev–Trinajstić information content (AvgIpc) is 2.39. The summed E-state index contributed by atoms with van der Waals surface area (Å²) in [5.41, 5.74) is 0.121. The minimum atomic E-state index is -0.682. The van der Waals surface area contributed by atoms with Gasteiger partial charge in [-0.25, -0.2) is 0 Å². The highest BCUT2D eigenvalue weighted by atomic mass is 16.8. The lowest BCUT2D eigenvalue weighted by Gasteiger charge is -2.17. The van der Waals surface area contributed by atoms with Crippen molar-refractivity contribution in [2.24, 2.45) is 0 Å². The molecule has 70 valence electrons. The minimum Gasteiger partial charge on any atom is -0.623 e. The van der Waals surface area contributed by atoms with Crippen LogP contribution in [-0.2, 0) is 9.47 Å². The van der Waals surface area contributed by atoms with Gasteiger partial charge in [0.1, 0.15) is 0 Å². The first-order valence-corrected chi connectivity index (χ1v) is 4.11. The Bertz CT molecular complexity index is 316. The van der Waals surface area contributed by atoms with E-state index in [2.05, 4.69) is 0 Å². The fourth-order valence-corrected chi connectivity index (χ4v) is 1.72. The summed E-state index contributed by atoms with van der Waals surface area (Å²) in [5, 5.41) is 19.8. The third-order valence-electron chi connectivity index (χ3n) is 2.18. The predicted octanol–water partition coefficient (Wildman–Crippen LogP) is -0.00502. The van der Waals surface area contributed by atoms with Crippen molar-refractivity contribution in [3.05, 3.63) is 5.21 Å². The van der Waals surface area contributed by atoms with E-state index in [0.717, 1.165) is 0 Å². The fourth-order valence-electron chi connectivity index (χ4n) is 1.72. The van der Waals surface area contributed by atoms with Crippen LogP contribution in [-0.4, -0.2) is 35.0 Å². The molecule has 1 saturated heterocycles. The van der Waals surface area contributed by atoms with Gasteiger partial charge in [0.25, 0.3) is 5.71 Å². The molecule has 0 bridgehead atoms. The first-order valence-electron chi connectivity index (χ1n) is 4.11. The minimum absolute atomic E-state index is 0.121. The first-order chi connectivity index (χ1) is 6.03. The number of rotatable bonds is 0. The van der Waals surface area contributed by atoms with Crippen LogP contribution >= 0.6 is 0 Å². The van der Waals surface area contributed by atoms with Gasteiger partial charge in [0, 0.05) is 0 Å². The zero-order chi connectivity index (χ0) is 9.64. The van der Waals surface area contributed by atoms with Crippen LogP contribution in [0.5, 0.6) is 0 Å². The Morgan fingerprint density at radius 3 is 2.92 bits per heavy atom. The molecule has 0 aromatic heterocycles. The molecule has 2 heterocycles. The van der Waals surface area contributed by atoms with Gasteiger partial charge in [-0.15, -0.1) is 0 Å². The van der Waals surface area contributed by atoms with Crippen molar-refractivity contribution in [2.75, 3.05) is 6.54 Å². The van der Waals surface area contributed by atoms with E-state index in [1.54, 1.807) is 13.8 Å². The largest absolute Gasteiger partial charge is 0.623 e. The molecular formula is C8H10N2O3. The zero-order valence-electron chi connectivity index (χ0n) is 7.48. The summed E-state index contributed by atoms with van der Waals surface area (Å²) in [6.07, 6.45) is -0.764. The summed E-state index contributed by atoms with van der Waals surface area (Å²) in [5.74, 6) is -0.682. The van der Waals surface area contributed by atoms with Crippen LogP contribution in [0.4, 0.5) is 0 Å². The highest BCUT2D eigenvalue weighted by molar-refractivity contribution is 5.99. The molecule has 5 heteroatoms. The van der Waals surface area contributed by atoms with Crippen molar-refractivity contribution < 1.29 is 14.2 Å². The maximum absolute atomic E-state index is 11.1. The summed E-state index contributed by atoms with van der Waals surface area (Å²) in [6, 6.07) is 1.85. The lowest BCUT2D eigenvalue weighted by Crippen LogP contribution is -2.27. The van der Waals surface area contributed by atoms with Crippen molar-refractivity contribution in [3.8, 4) is 6.07 Å². The van der Waals surface area contributed by atoms with Crippen molar-refractivity contribution in [1.29, 1.82) is 5.26 Å². The fraction of sp³-hybridized carbons (Fsp3) is 0.750. The van der Waals surface area contributed by atoms with Crippen LogP contribution in [0.3, 0.4) is 0 Å². The second-order valence-electron chi connectivity index (χ2n) is 3.65. The Morgan fingerprint density at radius 1 is 1.62 bits per heavy atom. The number of hydrogen-bond donors (Lipinski definition) is 0. The first kappa shape index (κ1) is 8.48. The molecule has 2 atom stereocenters. The number of nitrogens with zero attached hydrogens (tertiary/aromatic N) is 2. The molecule has 0 N–H and O–H groups in total. The summed E-state index contributed by atoms with van der Waals surface area (Å²) in [7, 11) is 0. The van der Waals surface area contributed by atoms with Crippen LogP contribution in [0, 0.1) is 16.5 Å². The van der Waals surface area contributed by atoms with Gasteiger partial charge in [0.2, 0.25) is 0 Å². The Balaban J connectivity index is 2.26. The predicted molar refractivity (Wildman–Crippen MR) is 42.9 cm³/mol. The molecular weight excluding hydrogens is 172 g/mol. The summed E-state index contributed by atoms with van der Waals surface area (Å²) in [6.45, 7) is 3.74. The normalized spacial score (nSPS) is 36.1. The van der Waals surface area contributed by atoms with Crippen molar-refractivity contribution in [3.63, 3.8) is 0 Å².